The lowest BCUT2D eigenvalue weighted by molar-refractivity contribution is -0.118. The summed E-state index contributed by atoms with van der Waals surface area (Å²) in [6.45, 7) is 11.7. The van der Waals surface area contributed by atoms with Crippen LogP contribution in [-0.4, -0.2) is 15.7 Å². The molecule has 5 heteroatoms. The van der Waals surface area contributed by atoms with E-state index in [-0.39, 0.29) is 5.91 Å². The maximum absolute atomic E-state index is 13.3. The molecule has 0 unspecified atom stereocenters. The molecule has 0 N–H and O–H groups in total. The fourth-order valence-corrected chi connectivity index (χ4v) is 3.37. The SMILES string of the molecule is Cc1ccc(N(Cc2ccco2)C(=O)Cc2c(C)nn(CC(C)C)c2C)cc1. The summed E-state index contributed by atoms with van der Waals surface area (Å²) >= 11 is 0. The molecule has 0 saturated heterocycles. The first-order valence-corrected chi connectivity index (χ1v) is 9.77. The van der Waals surface area contributed by atoms with Gasteiger partial charge in [0.05, 0.1) is 24.9 Å². The Morgan fingerprint density at radius 3 is 2.46 bits per heavy atom. The summed E-state index contributed by atoms with van der Waals surface area (Å²) in [5.74, 6) is 1.30. The second-order valence-electron chi connectivity index (χ2n) is 7.80. The van der Waals surface area contributed by atoms with Crippen molar-refractivity contribution in [2.75, 3.05) is 4.90 Å². The first kappa shape index (κ1) is 19.9. The second-order valence-corrected chi connectivity index (χ2v) is 7.80. The number of benzene rings is 1. The topological polar surface area (TPSA) is 51.3 Å². The van der Waals surface area contributed by atoms with E-state index >= 15 is 0 Å². The maximum atomic E-state index is 13.3. The Bertz CT molecular complexity index is 922. The fraction of sp³-hybridized carbons (Fsp3) is 0.391. The number of anilines is 1. The molecule has 0 radical (unpaired) electrons. The maximum Gasteiger partial charge on any atom is 0.231 e. The predicted octanol–water partition coefficient (Wildman–Crippen LogP) is 4.83. The van der Waals surface area contributed by atoms with Gasteiger partial charge in [-0.25, -0.2) is 0 Å². The van der Waals surface area contributed by atoms with Crippen molar-refractivity contribution in [1.29, 1.82) is 0 Å². The van der Waals surface area contributed by atoms with Crippen molar-refractivity contribution in [2.45, 2.75) is 54.1 Å². The Morgan fingerprint density at radius 2 is 1.86 bits per heavy atom. The van der Waals surface area contributed by atoms with Crippen molar-refractivity contribution in [3.8, 4) is 0 Å². The number of hydrogen-bond donors (Lipinski definition) is 0. The highest BCUT2D eigenvalue weighted by molar-refractivity contribution is 5.94. The van der Waals surface area contributed by atoms with E-state index in [0.29, 0.717) is 18.9 Å². The average molecular weight is 380 g/mol. The molecule has 5 nitrogen and oxygen atoms in total. The Labute approximate surface area is 167 Å². The van der Waals surface area contributed by atoms with Gasteiger partial charge in [-0.2, -0.15) is 5.10 Å². The molecule has 0 aliphatic rings. The van der Waals surface area contributed by atoms with E-state index in [1.54, 1.807) is 11.2 Å². The number of carbonyl (C=O) groups is 1. The molecule has 3 aromatic rings. The van der Waals surface area contributed by atoms with Crippen molar-refractivity contribution in [1.82, 2.24) is 9.78 Å². The Balaban J connectivity index is 1.87. The van der Waals surface area contributed by atoms with Crippen LogP contribution in [0.1, 0.15) is 42.1 Å². The van der Waals surface area contributed by atoms with Gasteiger partial charge in [-0.15, -0.1) is 0 Å². The highest BCUT2D eigenvalue weighted by Crippen LogP contribution is 2.22. The molecule has 2 aromatic heterocycles. The van der Waals surface area contributed by atoms with Crippen LogP contribution in [0.3, 0.4) is 0 Å². The number of rotatable bonds is 7. The van der Waals surface area contributed by atoms with Gasteiger partial charge in [0.1, 0.15) is 5.76 Å². The van der Waals surface area contributed by atoms with Gasteiger partial charge in [0.2, 0.25) is 5.91 Å². The van der Waals surface area contributed by atoms with Crippen molar-refractivity contribution in [3.63, 3.8) is 0 Å². The molecule has 1 amide bonds. The molecule has 2 heterocycles. The molecular formula is C23H29N3O2. The lowest BCUT2D eigenvalue weighted by atomic mass is 10.1. The Kier molecular flexibility index (Phi) is 6.02. The Morgan fingerprint density at radius 1 is 1.14 bits per heavy atom. The van der Waals surface area contributed by atoms with E-state index in [4.69, 9.17) is 4.42 Å². The first-order chi connectivity index (χ1) is 13.3. The van der Waals surface area contributed by atoms with Crippen molar-refractivity contribution in [3.05, 3.63) is 70.9 Å². The minimum absolute atomic E-state index is 0.0375. The quantitative estimate of drug-likeness (QED) is 0.591. The van der Waals surface area contributed by atoms with Crippen LogP contribution in [-0.2, 0) is 24.3 Å². The largest absolute Gasteiger partial charge is 0.467 e. The molecule has 148 valence electrons. The highest BCUT2D eigenvalue weighted by atomic mass is 16.3. The van der Waals surface area contributed by atoms with Crippen LogP contribution in [0, 0.1) is 26.7 Å². The minimum Gasteiger partial charge on any atom is -0.467 e. The summed E-state index contributed by atoms with van der Waals surface area (Å²) in [4.78, 5) is 15.1. The highest BCUT2D eigenvalue weighted by Gasteiger charge is 2.22. The third-order valence-corrected chi connectivity index (χ3v) is 4.94. The molecule has 1 aromatic carbocycles. The number of nitrogens with zero attached hydrogens (tertiary/aromatic N) is 3. The van der Waals surface area contributed by atoms with Gasteiger partial charge in [-0.3, -0.25) is 9.48 Å². The number of aromatic nitrogens is 2. The standard InChI is InChI=1S/C23H29N3O2/c1-16(2)14-26-19(5)22(18(4)24-26)13-23(27)25(15-21-7-6-12-28-21)20-10-8-17(3)9-11-20/h6-12,16H,13-15H2,1-5H3. The Hall–Kier alpha value is -2.82. The smallest absolute Gasteiger partial charge is 0.231 e. The zero-order valence-corrected chi connectivity index (χ0v) is 17.4. The van der Waals surface area contributed by atoms with Gasteiger partial charge in [0.25, 0.3) is 0 Å². The molecule has 3 rings (SSSR count). The van der Waals surface area contributed by atoms with Gasteiger partial charge in [-0.05, 0) is 51.0 Å². The molecular weight excluding hydrogens is 350 g/mol. The van der Waals surface area contributed by atoms with Crippen molar-refractivity contribution >= 4 is 11.6 Å². The third kappa shape index (κ3) is 4.53. The summed E-state index contributed by atoms with van der Waals surface area (Å²) in [6.07, 6.45) is 1.96. The minimum atomic E-state index is 0.0375. The van der Waals surface area contributed by atoms with E-state index in [2.05, 4.69) is 18.9 Å². The number of furan rings is 1. The van der Waals surface area contributed by atoms with E-state index in [1.165, 1.54) is 0 Å². The zero-order chi connectivity index (χ0) is 20.3. The first-order valence-electron chi connectivity index (χ1n) is 9.77. The van der Waals surface area contributed by atoms with Crippen LogP contribution >= 0.6 is 0 Å². The number of carbonyl (C=O) groups excluding carboxylic acids is 1. The molecule has 0 saturated carbocycles. The molecule has 0 spiro atoms. The van der Waals surface area contributed by atoms with Crippen molar-refractivity contribution < 1.29 is 9.21 Å². The van der Waals surface area contributed by atoms with Crippen LogP contribution in [0.4, 0.5) is 5.69 Å². The summed E-state index contributed by atoms with van der Waals surface area (Å²) in [7, 11) is 0. The van der Waals surface area contributed by atoms with E-state index < -0.39 is 0 Å². The van der Waals surface area contributed by atoms with E-state index in [1.807, 2.05) is 61.9 Å². The number of hydrogen-bond acceptors (Lipinski definition) is 3. The molecule has 0 atom stereocenters. The summed E-state index contributed by atoms with van der Waals surface area (Å²) in [5, 5.41) is 4.65. The zero-order valence-electron chi connectivity index (χ0n) is 17.4. The van der Waals surface area contributed by atoms with Gasteiger partial charge >= 0.3 is 0 Å². The predicted molar refractivity (Wildman–Crippen MR) is 111 cm³/mol. The molecule has 0 bridgehead atoms. The van der Waals surface area contributed by atoms with Crippen LogP contribution in [0.2, 0.25) is 0 Å². The number of aryl methyl sites for hydroxylation is 2. The lowest BCUT2D eigenvalue weighted by Gasteiger charge is -2.22. The number of amides is 1. The van der Waals surface area contributed by atoms with Crippen LogP contribution in [0.15, 0.2) is 47.1 Å². The molecule has 0 fully saturated rings. The molecule has 28 heavy (non-hydrogen) atoms. The van der Waals surface area contributed by atoms with Crippen LogP contribution < -0.4 is 4.90 Å². The van der Waals surface area contributed by atoms with Crippen LogP contribution in [0.25, 0.3) is 0 Å². The van der Waals surface area contributed by atoms with Crippen molar-refractivity contribution in [2.24, 2.45) is 5.92 Å². The fourth-order valence-electron chi connectivity index (χ4n) is 3.37. The second kappa shape index (κ2) is 8.46. The summed E-state index contributed by atoms with van der Waals surface area (Å²) < 4.78 is 7.51. The van der Waals surface area contributed by atoms with Crippen LogP contribution in [0.5, 0.6) is 0 Å². The van der Waals surface area contributed by atoms with Gasteiger partial charge in [-0.1, -0.05) is 31.5 Å². The van der Waals surface area contributed by atoms with E-state index in [0.717, 1.165) is 40.5 Å². The summed E-state index contributed by atoms with van der Waals surface area (Å²) in [5.41, 5.74) is 5.05. The lowest BCUT2D eigenvalue weighted by Crippen LogP contribution is -2.32. The summed E-state index contributed by atoms with van der Waals surface area (Å²) in [6, 6.07) is 11.8. The third-order valence-electron chi connectivity index (χ3n) is 4.94. The van der Waals surface area contributed by atoms with Gasteiger partial charge in [0.15, 0.2) is 0 Å². The van der Waals surface area contributed by atoms with E-state index in [9.17, 15) is 4.79 Å². The average Bonchev–Trinajstić information content (AvgIpc) is 3.24. The van der Waals surface area contributed by atoms with Gasteiger partial charge in [0, 0.05) is 23.5 Å². The monoisotopic (exact) mass is 379 g/mol. The molecule has 0 aliphatic heterocycles. The molecule has 0 aliphatic carbocycles. The van der Waals surface area contributed by atoms with Gasteiger partial charge < -0.3 is 9.32 Å². The normalized spacial score (nSPS) is 11.2.